The van der Waals surface area contributed by atoms with Gasteiger partial charge in [0.1, 0.15) is 0 Å². The number of aromatic nitrogens is 2. The number of carbonyl (C=O) groups excluding carboxylic acids is 1. The van der Waals surface area contributed by atoms with Gasteiger partial charge in [0.25, 0.3) is 5.91 Å². The lowest BCUT2D eigenvalue weighted by atomic mass is 10.1. The van der Waals surface area contributed by atoms with Crippen molar-refractivity contribution in [3.8, 4) is 11.5 Å². The van der Waals surface area contributed by atoms with Gasteiger partial charge in [-0.3, -0.25) is 4.79 Å². The van der Waals surface area contributed by atoms with Crippen molar-refractivity contribution in [2.45, 2.75) is 26.4 Å². The second kappa shape index (κ2) is 8.19. The van der Waals surface area contributed by atoms with E-state index in [0.29, 0.717) is 23.6 Å². The van der Waals surface area contributed by atoms with E-state index < -0.39 is 0 Å². The van der Waals surface area contributed by atoms with E-state index in [0.717, 1.165) is 5.56 Å². The smallest absolute Gasteiger partial charge is 0.251 e. The number of nitrogens with zero attached hydrogens (tertiary/aromatic N) is 2. The quantitative estimate of drug-likeness (QED) is 0.848. The molecule has 0 spiro atoms. The fourth-order valence-electron chi connectivity index (χ4n) is 2.49. The van der Waals surface area contributed by atoms with Gasteiger partial charge in [-0.15, -0.1) is 0 Å². The molecule has 1 aromatic heterocycles. The summed E-state index contributed by atoms with van der Waals surface area (Å²) in [6.45, 7) is 4.51. The third kappa shape index (κ3) is 4.16. The number of nitrogens with one attached hydrogen (secondary N) is 1. The summed E-state index contributed by atoms with van der Waals surface area (Å²) >= 11 is 0. The van der Waals surface area contributed by atoms with Crippen molar-refractivity contribution in [3.63, 3.8) is 0 Å². The predicted molar refractivity (Wildman–Crippen MR) is 93.4 cm³/mol. The molecule has 6 heteroatoms. The minimum atomic E-state index is -0.158. The van der Waals surface area contributed by atoms with Crippen LogP contribution in [-0.4, -0.2) is 35.7 Å². The van der Waals surface area contributed by atoms with E-state index in [1.165, 1.54) is 0 Å². The van der Waals surface area contributed by atoms with E-state index in [4.69, 9.17) is 9.47 Å². The minimum Gasteiger partial charge on any atom is -0.493 e. The first-order valence-electron chi connectivity index (χ1n) is 7.74. The lowest BCUT2D eigenvalue weighted by Crippen LogP contribution is -2.35. The van der Waals surface area contributed by atoms with Crippen LogP contribution in [0.25, 0.3) is 6.08 Å². The standard InChI is InChI=1S/C18H23N3O3/c1-5-6-14-9-15(10-16(23-3)17(14)24-4)18(22)20-13(2)11-21-8-7-19-12-21/h5-10,12-13H,11H2,1-4H3,(H,20,22)/b6-5-/t13-/m0/s1. The molecule has 2 rings (SSSR count). The normalized spacial score (nSPS) is 12.2. The fraction of sp³-hybridized carbons (Fsp3) is 0.333. The maximum atomic E-state index is 12.6. The first-order valence-corrected chi connectivity index (χ1v) is 7.74. The molecule has 0 aliphatic carbocycles. The van der Waals surface area contributed by atoms with Gasteiger partial charge in [0.05, 0.1) is 20.5 Å². The van der Waals surface area contributed by atoms with E-state index in [9.17, 15) is 4.79 Å². The molecule has 24 heavy (non-hydrogen) atoms. The lowest BCUT2D eigenvalue weighted by molar-refractivity contribution is 0.0936. The number of allylic oxidation sites excluding steroid dienone is 1. The van der Waals surface area contributed by atoms with Gasteiger partial charge in [0.2, 0.25) is 0 Å². The van der Waals surface area contributed by atoms with Crippen LogP contribution in [-0.2, 0) is 6.54 Å². The van der Waals surface area contributed by atoms with Gasteiger partial charge in [-0.1, -0.05) is 12.2 Å². The average molecular weight is 329 g/mol. The predicted octanol–water partition coefficient (Wildman–Crippen LogP) is 2.75. The number of methoxy groups -OCH3 is 2. The minimum absolute atomic E-state index is 0.0371. The van der Waals surface area contributed by atoms with Crippen molar-refractivity contribution in [1.82, 2.24) is 14.9 Å². The molecule has 1 atom stereocenters. The molecule has 1 amide bonds. The summed E-state index contributed by atoms with van der Waals surface area (Å²) in [6.07, 6.45) is 9.08. The number of carbonyl (C=O) groups is 1. The second-order valence-corrected chi connectivity index (χ2v) is 5.43. The molecule has 2 aromatic rings. The Balaban J connectivity index is 2.20. The summed E-state index contributed by atoms with van der Waals surface area (Å²) in [7, 11) is 3.14. The maximum absolute atomic E-state index is 12.6. The van der Waals surface area contributed by atoms with Crippen molar-refractivity contribution in [1.29, 1.82) is 0 Å². The molecule has 0 aliphatic rings. The van der Waals surface area contributed by atoms with Crippen LogP contribution in [0.4, 0.5) is 0 Å². The third-order valence-corrected chi connectivity index (χ3v) is 3.54. The highest BCUT2D eigenvalue weighted by Crippen LogP contribution is 2.33. The van der Waals surface area contributed by atoms with Crippen molar-refractivity contribution in [3.05, 3.63) is 48.1 Å². The molecule has 1 N–H and O–H groups in total. The van der Waals surface area contributed by atoms with Gasteiger partial charge in [-0.05, 0) is 26.0 Å². The van der Waals surface area contributed by atoms with E-state index >= 15 is 0 Å². The summed E-state index contributed by atoms with van der Waals surface area (Å²) in [6, 6.07) is 3.44. The summed E-state index contributed by atoms with van der Waals surface area (Å²) < 4.78 is 12.7. The molecule has 6 nitrogen and oxygen atoms in total. The van der Waals surface area contributed by atoms with Crippen LogP contribution in [0.15, 0.2) is 36.9 Å². The molecule has 1 heterocycles. The summed E-state index contributed by atoms with van der Waals surface area (Å²) in [5.74, 6) is 0.980. The van der Waals surface area contributed by atoms with Gasteiger partial charge < -0.3 is 19.4 Å². The number of hydrogen-bond acceptors (Lipinski definition) is 4. The Morgan fingerprint density at radius 3 is 2.75 bits per heavy atom. The first-order chi connectivity index (χ1) is 11.6. The van der Waals surface area contributed by atoms with Gasteiger partial charge in [0.15, 0.2) is 11.5 Å². The fourth-order valence-corrected chi connectivity index (χ4v) is 2.49. The number of amides is 1. The van der Waals surface area contributed by atoms with E-state index in [1.54, 1.807) is 38.9 Å². The highest BCUT2D eigenvalue weighted by molar-refractivity contribution is 5.96. The third-order valence-electron chi connectivity index (χ3n) is 3.54. The number of imidazole rings is 1. The SMILES string of the molecule is C/C=C\c1cc(C(=O)N[C@@H](C)Cn2ccnc2)cc(OC)c1OC. The van der Waals surface area contributed by atoms with Crippen LogP contribution >= 0.6 is 0 Å². The largest absolute Gasteiger partial charge is 0.493 e. The van der Waals surface area contributed by atoms with Crippen molar-refractivity contribution in [2.24, 2.45) is 0 Å². The summed E-state index contributed by atoms with van der Waals surface area (Å²) in [4.78, 5) is 16.5. The van der Waals surface area contributed by atoms with Crippen LogP contribution in [0.5, 0.6) is 11.5 Å². The number of ether oxygens (including phenoxy) is 2. The molecule has 0 saturated carbocycles. The Hall–Kier alpha value is -2.76. The zero-order valence-electron chi connectivity index (χ0n) is 14.4. The Morgan fingerprint density at radius 2 is 2.17 bits per heavy atom. The Kier molecular flexibility index (Phi) is 6.01. The van der Waals surface area contributed by atoms with E-state index in [1.807, 2.05) is 36.8 Å². The Bertz CT molecular complexity index is 709. The number of benzene rings is 1. The topological polar surface area (TPSA) is 65.4 Å². The second-order valence-electron chi connectivity index (χ2n) is 5.43. The molecular formula is C18H23N3O3. The molecule has 0 saturated heterocycles. The highest BCUT2D eigenvalue weighted by Gasteiger charge is 2.16. The molecular weight excluding hydrogens is 306 g/mol. The molecule has 0 unspecified atom stereocenters. The Labute approximate surface area is 142 Å². The van der Waals surface area contributed by atoms with Crippen LogP contribution in [0, 0.1) is 0 Å². The first kappa shape index (κ1) is 17.6. The Morgan fingerprint density at radius 1 is 1.38 bits per heavy atom. The highest BCUT2D eigenvalue weighted by atomic mass is 16.5. The molecule has 0 radical (unpaired) electrons. The van der Waals surface area contributed by atoms with Crippen LogP contribution in [0.3, 0.4) is 0 Å². The van der Waals surface area contributed by atoms with E-state index in [-0.39, 0.29) is 11.9 Å². The van der Waals surface area contributed by atoms with Gasteiger partial charge >= 0.3 is 0 Å². The monoisotopic (exact) mass is 329 g/mol. The zero-order chi connectivity index (χ0) is 17.5. The van der Waals surface area contributed by atoms with Gasteiger partial charge in [0, 0.05) is 36.1 Å². The van der Waals surface area contributed by atoms with E-state index in [2.05, 4.69) is 10.3 Å². The maximum Gasteiger partial charge on any atom is 0.251 e. The van der Waals surface area contributed by atoms with Crippen molar-refractivity contribution < 1.29 is 14.3 Å². The molecule has 0 fully saturated rings. The number of hydrogen-bond donors (Lipinski definition) is 1. The summed E-state index contributed by atoms with van der Waals surface area (Å²) in [5, 5.41) is 2.98. The molecule has 128 valence electrons. The molecule has 1 aromatic carbocycles. The average Bonchev–Trinajstić information content (AvgIpc) is 3.06. The molecule has 0 bridgehead atoms. The van der Waals surface area contributed by atoms with Crippen molar-refractivity contribution in [2.75, 3.05) is 14.2 Å². The lowest BCUT2D eigenvalue weighted by Gasteiger charge is -2.16. The molecule has 0 aliphatic heterocycles. The summed E-state index contributed by atoms with van der Waals surface area (Å²) in [5.41, 5.74) is 1.32. The number of rotatable bonds is 7. The van der Waals surface area contributed by atoms with Gasteiger partial charge in [-0.25, -0.2) is 4.98 Å². The van der Waals surface area contributed by atoms with Crippen molar-refractivity contribution >= 4 is 12.0 Å². The van der Waals surface area contributed by atoms with Crippen LogP contribution in [0.2, 0.25) is 0 Å². The van der Waals surface area contributed by atoms with Crippen LogP contribution in [0.1, 0.15) is 29.8 Å². The van der Waals surface area contributed by atoms with Gasteiger partial charge in [-0.2, -0.15) is 0 Å². The van der Waals surface area contributed by atoms with Crippen LogP contribution < -0.4 is 14.8 Å². The zero-order valence-corrected chi connectivity index (χ0v) is 14.4.